The predicted molar refractivity (Wildman–Crippen MR) is 129 cm³/mol. The van der Waals surface area contributed by atoms with Crippen LogP contribution in [0.15, 0.2) is 53.3 Å². The average molecular weight is 443 g/mol. The van der Waals surface area contributed by atoms with Gasteiger partial charge in [0.15, 0.2) is 5.82 Å². The molecule has 0 aliphatic carbocycles. The number of H-pyrrole nitrogens is 1. The number of hydrogen-bond acceptors (Lipinski definition) is 5. The lowest BCUT2D eigenvalue weighted by Crippen LogP contribution is -2.40. The molecule has 0 radical (unpaired) electrons. The average Bonchev–Trinajstić information content (AvgIpc) is 3.25. The molecule has 1 fully saturated rings. The lowest BCUT2D eigenvalue weighted by atomic mass is 9.95. The minimum absolute atomic E-state index is 0.0800. The number of tetrazole rings is 1. The molecule has 3 heterocycles. The van der Waals surface area contributed by atoms with Crippen LogP contribution in [-0.4, -0.2) is 43.2 Å². The van der Waals surface area contributed by atoms with E-state index in [1.807, 2.05) is 35.0 Å². The second-order valence-corrected chi connectivity index (χ2v) is 9.38. The van der Waals surface area contributed by atoms with Gasteiger partial charge in [0.05, 0.1) is 6.54 Å². The number of pyridine rings is 1. The van der Waals surface area contributed by atoms with E-state index in [0.717, 1.165) is 42.4 Å². The zero-order chi connectivity index (χ0) is 22.9. The molecule has 0 saturated carbocycles. The van der Waals surface area contributed by atoms with E-state index in [2.05, 4.69) is 64.4 Å². The first-order valence-corrected chi connectivity index (χ1v) is 11.7. The van der Waals surface area contributed by atoms with Crippen molar-refractivity contribution in [1.29, 1.82) is 0 Å². The normalized spacial score (nSPS) is 16.3. The lowest BCUT2D eigenvalue weighted by molar-refractivity contribution is 0.149. The Hall–Kier alpha value is -3.32. The largest absolute Gasteiger partial charge is 0.322 e. The maximum absolute atomic E-state index is 13.4. The van der Waals surface area contributed by atoms with Gasteiger partial charge in [-0.25, -0.2) is 4.68 Å². The second-order valence-electron chi connectivity index (χ2n) is 9.38. The van der Waals surface area contributed by atoms with Crippen molar-refractivity contribution in [3.05, 3.63) is 87.0 Å². The van der Waals surface area contributed by atoms with Gasteiger partial charge < -0.3 is 4.98 Å². The van der Waals surface area contributed by atoms with E-state index < -0.39 is 0 Å². The molecule has 1 aliphatic rings. The molecule has 1 saturated heterocycles. The van der Waals surface area contributed by atoms with Crippen molar-refractivity contribution in [2.75, 3.05) is 13.1 Å². The van der Waals surface area contributed by atoms with Crippen molar-refractivity contribution in [3.63, 3.8) is 0 Å². The van der Waals surface area contributed by atoms with E-state index in [1.165, 1.54) is 11.1 Å². The minimum atomic E-state index is -0.300. The van der Waals surface area contributed by atoms with Crippen LogP contribution in [0.1, 0.15) is 53.9 Å². The first-order valence-electron chi connectivity index (χ1n) is 11.7. The van der Waals surface area contributed by atoms with Crippen LogP contribution >= 0.6 is 0 Å². The Bertz CT molecular complexity index is 1320. The van der Waals surface area contributed by atoms with Crippen LogP contribution in [0, 0.1) is 19.8 Å². The van der Waals surface area contributed by atoms with Crippen LogP contribution in [0.2, 0.25) is 0 Å². The fourth-order valence-corrected chi connectivity index (χ4v) is 4.76. The molecule has 170 valence electrons. The van der Waals surface area contributed by atoms with E-state index in [0.29, 0.717) is 23.9 Å². The number of aromatic amines is 1. The van der Waals surface area contributed by atoms with Gasteiger partial charge in [0.25, 0.3) is 5.56 Å². The summed E-state index contributed by atoms with van der Waals surface area (Å²) in [7, 11) is 0. The van der Waals surface area contributed by atoms with Gasteiger partial charge in [0, 0.05) is 11.1 Å². The third-order valence-corrected chi connectivity index (χ3v) is 6.94. The summed E-state index contributed by atoms with van der Waals surface area (Å²) in [6.07, 6.45) is 2.20. The van der Waals surface area contributed by atoms with Crippen molar-refractivity contribution >= 4 is 10.9 Å². The Labute approximate surface area is 193 Å². The molecule has 7 heteroatoms. The standard InChI is InChI=1S/C26H30N6O/c1-17-9-11-31(12-10-17)24(25-28-29-30-32(25)16-20-7-5-4-6-8-20)22-15-21-13-18(2)19(3)14-23(21)27-26(22)33/h4-8,13-15,17,24H,9-12,16H2,1-3H3,(H,27,33)/t24-/m1/s1. The van der Waals surface area contributed by atoms with Crippen molar-refractivity contribution < 1.29 is 0 Å². The van der Waals surface area contributed by atoms with E-state index >= 15 is 0 Å². The first-order chi connectivity index (χ1) is 16.0. The van der Waals surface area contributed by atoms with Crippen LogP contribution in [0.3, 0.4) is 0 Å². The van der Waals surface area contributed by atoms with Crippen LogP contribution in [0.4, 0.5) is 0 Å². The van der Waals surface area contributed by atoms with Gasteiger partial charge in [0.1, 0.15) is 6.04 Å². The van der Waals surface area contributed by atoms with E-state index in [9.17, 15) is 4.79 Å². The topological polar surface area (TPSA) is 79.7 Å². The maximum atomic E-state index is 13.4. The number of rotatable bonds is 5. The monoisotopic (exact) mass is 442 g/mol. The Morgan fingerprint density at radius 3 is 2.55 bits per heavy atom. The highest BCUT2D eigenvalue weighted by Crippen LogP contribution is 2.31. The van der Waals surface area contributed by atoms with Crippen molar-refractivity contribution in [1.82, 2.24) is 30.1 Å². The molecule has 33 heavy (non-hydrogen) atoms. The third-order valence-electron chi connectivity index (χ3n) is 6.94. The van der Waals surface area contributed by atoms with Crippen LogP contribution in [0.25, 0.3) is 10.9 Å². The van der Waals surface area contributed by atoms with Crippen molar-refractivity contribution in [3.8, 4) is 0 Å². The molecule has 2 aromatic carbocycles. The number of nitrogens with zero attached hydrogens (tertiary/aromatic N) is 5. The molecular formula is C26H30N6O. The Morgan fingerprint density at radius 2 is 1.79 bits per heavy atom. The fraction of sp³-hybridized carbons (Fsp3) is 0.385. The van der Waals surface area contributed by atoms with E-state index in [4.69, 9.17) is 0 Å². The van der Waals surface area contributed by atoms with Gasteiger partial charge in [0.2, 0.25) is 0 Å². The molecule has 2 aromatic heterocycles. The van der Waals surface area contributed by atoms with Crippen LogP contribution < -0.4 is 5.56 Å². The van der Waals surface area contributed by atoms with Gasteiger partial charge in [-0.2, -0.15) is 0 Å². The summed E-state index contributed by atoms with van der Waals surface area (Å²) < 4.78 is 1.84. The molecule has 1 aliphatic heterocycles. The summed E-state index contributed by atoms with van der Waals surface area (Å²) in [6.45, 7) is 8.84. The SMILES string of the molecule is Cc1cc2cc([C@H](c3nnnn3Cc3ccccc3)N3CCC(C)CC3)c(=O)[nH]c2cc1C. The Morgan fingerprint density at radius 1 is 1.06 bits per heavy atom. The molecule has 4 aromatic rings. The summed E-state index contributed by atoms with van der Waals surface area (Å²) in [5.41, 5.74) is 4.97. The molecule has 1 atom stereocenters. The number of likely N-dealkylation sites (tertiary alicyclic amines) is 1. The zero-order valence-electron chi connectivity index (χ0n) is 19.5. The molecule has 5 rings (SSSR count). The maximum Gasteiger partial charge on any atom is 0.253 e. The summed E-state index contributed by atoms with van der Waals surface area (Å²) >= 11 is 0. The van der Waals surface area contributed by atoms with Gasteiger partial charge in [-0.3, -0.25) is 9.69 Å². The highest BCUT2D eigenvalue weighted by Gasteiger charge is 2.32. The highest BCUT2D eigenvalue weighted by atomic mass is 16.1. The quantitative estimate of drug-likeness (QED) is 0.505. The van der Waals surface area contributed by atoms with Crippen molar-refractivity contribution in [2.45, 2.75) is 46.2 Å². The summed E-state index contributed by atoms with van der Waals surface area (Å²) in [4.78, 5) is 18.9. The Balaban J connectivity index is 1.62. The summed E-state index contributed by atoms with van der Waals surface area (Å²) in [5.74, 6) is 1.39. The smallest absolute Gasteiger partial charge is 0.253 e. The fourth-order valence-electron chi connectivity index (χ4n) is 4.76. The molecule has 1 N–H and O–H groups in total. The van der Waals surface area contributed by atoms with Crippen LogP contribution in [-0.2, 0) is 6.54 Å². The van der Waals surface area contributed by atoms with Crippen LogP contribution in [0.5, 0.6) is 0 Å². The number of nitrogens with one attached hydrogen (secondary N) is 1. The highest BCUT2D eigenvalue weighted by molar-refractivity contribution is 5.81. The number of fused-ring (bicyclic) bond motifs is 1. The molecule has 0 bridgehead atoms. The number of benzene rings is 2. The zero-order valence-corrected chi connectivity index (χ0v) is 19.5. The Kier molecular flexibility index (Phi) is 5.81. The minimum Gasteiger partial charge on any atom is -0.322 e. The molecule has 0 unspecified atom stereocenters. The number of piperidine rings is 1. The molecule has 0 spiro atoms. The summed E-state index contributed by atoms with van der Waals surface area (Å²) in [5, 5.41) is 13.8. The molecule has 0 amide bonds. The lowest BCUT2D eigenvalue weighted by Gasteiger charge is -2.35. The molecule has 7 nitrogen and oxygen atoms in total. The summed E-state index contributed by atoms with van der Waals surface area (Å²) in [6, 6.07) is 16.1. The van der Waals surface area contributed by atoms with Crippen molar-refractivity contribution in [2.24, 2.45) is 5.92 Å². The van der Waals surface area contributed by atoms with Gasteiger partial charge in [-0.1, -0.05) is 37.3 Å². The van der Waals surface area contributed by atoms with Gasteiger partial charge in [-0.05, 0) is 96.4 Å². The second kappa shape index (κ2) is 8.90. The first kappa shape index (κ1) is 21.5. The number of hydrogen-bond donors (Lipinski definition) is 1. The van der Waals surface area contributed by atoms with E-state index in [1.54, 1.807) is 0 Å². The number of aromatic nitrogens is 5. The van der Waals surface area contributed by atoms with Gasteiger partial charge in [-0.15, -0.1) is 5.10 Å². The van der Waals surface area contributed by atoms with E-state index in [-0.39, 0.29) is 11.6 Å². The number of aryl methyl sites for hydroxylation is 2. The molecular weight excluding hydrogens is 412 g/mol. The third kappa shape index (κ3) is 4.33. The predicted octanol–water partition coefficient (Wildman–Crippen LogP) is 4.00. The van der Waals surface area contributed by atoms with Gasteiger partial charge >= 0.3 is 0 Å².